The summed E-state index contributed by atoms with van der Waals surface area (Å²) in [6, 6.07) is 23.1. The second-order valence-electron chi connectivity index (χ2n) is 9.34. The Morgan fingerprint density at radius 1 is 0.410 bits per heavy atom. The van der Waals surface area contributed by atoms with E-state index in [0.29, 0.717) is 32.7 Å². The highest BCUT2D eigenvalue weighted by Gasteiger charge is 2.18. The normalized spacial score (nSPS) is 15.2. The third kappa shape index (κ3) is 3.48. The van der Waals surface area contributed by atoms with Crippen LogP contribution in [0.1, 0.15) is 13.7 Å². The fourth-order valence-corrected chi connectivity index (χ4v) is 5.45. The van der Waals surface area contributed by atoms with Gasteiger partial charge in [-0.05, 0) is 79.1 Å². The van der Waals surface area contributed by atoms with Gasteiger partial charge in [-0.1, -0.05) is 121 Å². The number of hydrogen-bond donors (Lipinski definition) is 0. The van der Waals surface area contributed by atoms with E-state index in [0.717, 1.165) is 16.7 Å². The SMILES string of the molecule is [2H]c1cc2c(-c3cccc(-c4ccccc4)c3)c3cc([2H])c([2H])cc3c(-c3c([2H])cc4c(oc5c([2H])c([2H])c([2H])c([2H])c54)c3[2H])c2cc1[2H]. The van der Waals surface area contributed by atoms with Gasteiger partial charge in [-0.25, -0.2) is 0 Å². The molecule has 7 aromatic carbocycles. The molecule has 0 fully saturated rings. The minimum absolute atomic E-state index is 0.0274. The number of rotatable bonds is 3. The molecule has 0 aliphatic rings. The van der Waals surface area contributed by atoms with Gasteiger partial charge >= 0.3 is 0 Å². The molecule has 0 radical (unpaired) electrons. The van der Waals surface area contributed by atoms with Gasteiger partial charge in [0.05, 0.1) is 13.7 Å². The fourth-order valence-electron chi connectivity index (χ4n) is 5.45. The summed E-state index contributed by atoms with van der Waals surface area (Å²) < 4.78 is 92.3. The van der Waals surface area contributed by atoms with Crippen LogP contribution in [0.2, 0.25) is 0 Å². The highest BCUT2D eigenvalue weighted by Crippen LogP contribution is 2.45. The molecule has 0 saturated heterocycles. The van der Waals surface area contributed by atoms with Crippen LogP contribution in [0.3, 0.4) is 0 Å². The monoisotopic (exact) mass is 506 g/mol. The molecule has 0 aliphatic heterocycles. The summed E-state index contributed by atoms with van der Waals surface area (Å²) in [5, 5.41) is 2.34. The van der Waals surface area contributed by atoms with Crippen LogP contribution in [-0.4, -0.2) is 0 Å². The Morgan fingerprint density at radius 2 is 1.03 bits per heavy atom. The van der Waals surface area contributed by atoms with Crippen molar-refractivity contribution < 1.29 is 18.1 Å². The average Bonchev–Trinajstić information content (AvgIpc) is 3.48. The molecular weight excluding hydrogens is 472 g/mol. The molecule has 0 amide bonds. The molecule has 0 unspecified atom stereocenters. The highest BCUT2D eigenvalue weighted by atomic mass is 16.3. The molecule has 0 saturated carbocycles. The molecule has 1 aromatic heterocycles. The minimum atomic E-state index is -0.471. The molecule has 39 heavy (non-hydrogen) atoms. The molecule has 1 nitrogen and oxygen atoms in total. The first kappa shape index (κ1) is 14.1. The molecule has 1 heterocycles. The highest BCUT2D eigenvalue weighted by molar-refractivity contribution is 6.22. The van der Waals surface area contributed by atoms with Crippen molar-refractivity contribution >= 4 is 43.5 Å². The molecule has 0 aliphatic carbocycles. The van der Waals surface area contributed by atoms with Crippen molar-refractivity contribution in [1.82, 2.24) is 0 Å². The van der Waals surface area contributed by atoms with Gasteiger partial charge in [-0.15, -0.1) is 0 Å². The van der Waals surface area contributed by atoms with Crippen LogP contribution < -0.4 is 0 Å². The quantitative estimate of drug-likeness (QED) is 0.217. The first-order chi connectivity index (χ1) is 23.5. The van der Waals surface area contributed by atoms with Crippen molar-refractivity contribution in [3.05, 3.63) is 145 Å². The second kappa shape index (κ2) is 8.72. The summed E-state index contributed by atoms with van der Waals surface area (Å²) in [5.74, 6) is 0. The lowest BCUT2D eigenvalue weighted by molar-refractivity contribution is 0.669. The third-order valence-electron chi connectivity index (χ3n) is 7.17. The Morgan fingerprint density at radius 3 is 1.74 bits per heavy atom. The number of hydrogen-bond acceptors (Lipinski definition) is 1. The van der Waals surface area contributed by atoms with E-state index in [1.54, 1.807) is 12.1 Å². The van der Waals surface area contributed by atoms with Gasteiger partial charge in [0, 0.05) is 10.8 Å². The Hall–Kier alpha value is -5.14. The molecule has 182 valence electrons. The fraction of sp³-hybridized carbons (Fsp3) is 0. The van der Waals surface area contributed by atoms with E-state index in [4.69, 9.17) is 15.4 Å². The van der Waals surface area contributed by atoms with Crippen LogP contribution in [0.4, 0.5) is 0 Å². The molecule has 8 aromatic rings. The van der Waals surface area contributed by atoms with E-state index in [1.807, 2.05) is 54.6 Å². The summed E-state index contributed by atoms with van der Waals surface area (Å²) in [6.07, 6.45) is 0. The molecule has 0 N–H and O–H groups in total. The summed E-state index contributed by atoms with van der Waals surface area (Å²) >= 11 is 0. The maximum atomic E-state index is 9.38. The number of benzene rings is 7. The van der Waals surface area contributed by atoms with E-state index in [-0.39, 0.29) is 75.8 Å². The second-order valence-corrected chi connectivity index (χ2v) is 9.34. The van der Waals surface area contributed by atoms with Crippen LogP contribution in [0.25, 0.3) is 76.9 Å². The van der Waals surface area contributed by atoms with Gasteiger partial charge < -0.3 is 4.42 Å². The van der Waals surface area contributed by atoms with Crippen molar-refractivity contribution in [3.8, 4) is 33.4 Å². The lowest BCUT2D eigenvalue weighted by atomic mass is 9.85. The van der Waals surface area contributed by atoms with E-state index in [9.17, 15) is 2.74 Å². The van der Waals surface area contributed by atoms with Crippen LogP contribution in [0, 0.1) is 0 Å². The van der Waals surface area contributed by atoms with Gasteiger partial charge in [-0.2, -0.15) is 0 Å². The molecule has 8 rings (SSSR count). The van der Waals surface area contributed by atoms with Crippen LogP contribution in [0.5, 0.6) is 0 Å². The Bertz CT molecular complexity index is 2650. The maximum absolute atomic E-state index is 9.38. The van der Waals surface area contributed by atoms with E-state index in [2.05, 4.69) is 0 Å². The smallest absolute Gasteiger partial charge is 0.136 e. The van der Waals surface area contributed by atoms with Crippen molar-refractivity contribution in [2.24, 2.45) is 0 Å². The number of furan rings is 1. The predicted octanol–water partition coefficient (Wildman–Crippen LogP) is 10.9. The van der Waals surface area contributed by atoms with Crippen LogP contribution in [0.15, 0.2) is 150 Å². The molecule has 0 bridgehead atoms. The van der Waals surface area contributed by atoms with Gasteiger partial charge in [0.25, 0.3) is 0 Å². The number of para-hydroxylation sites is 1. The standard InChI is InChI=1S/C38H24O/c1-2-11-25(12-3-1)26-13-10-14-27(23-26)37-31-16-4-6-18-33(31)38(34-19-7-5-17-32(34)37)28-21-22-30-29-15-8-9-20-35(29)39-36(30)24-28/h1-24H/i4D,5D,6D,7D,8D,9D,15D,20D,21D,24D. The summed E-state index contributed by atoms with van der Waals surface area (Å²) in [7, 11) is 0. The minimum Gasteiger partial charge on any atom is -0.456 e. The van der Waals surface area contributed by atoms with E-state index < -0.39 is 12.1 Å². The maximum Gasteiger partial charge on any atom is 0.136 e. The number of fused-ring (bicyclic) bond motifs is 5. The van der Waals surface area contributed by atoms with E-state index >= 15 is 0 Å². The van der Waals surface area contributed by atoms with Gasteiger partial charge in [-0.3, -0.25) is 0 Å². The predicted molar refractivity (Wildman–Crippen MR) is 165 cm³/mol. The van der Waals surface area contributed by atoms with Crippen LogP contribution in [-0.2, 0) is 0 Å². The van der Waals surface area contributed by atoms with E-state index in [1.165, 1.54) is 18.2 Å². The first-order valence-electron chi connectivity index (χ1n) is 17.5. The van der Waals surface area contributed by atoms with Crippen molar-refractivity contribution in [3.63, 3.8) is 0 Å². The molecular formula is C38H24O. The Kier molecular flexibility index (Phi) is 3.16. The Balaban J connectivity index is 1.54. The van der Waals surface area contributed by atoms with Gasteiger partial charge in [0.2, 0.25) is 0 Å². The summed E-state index contributed by atoms with van der Waals surface area (Å²) in [5.41, 5.74) is 3.72. The van der Waals surface area contributed by atoms with Crippen molar-refractivity contribution in [2.75, 3.05) is 0 Å². The molecule has 0 atom stereocenters. The van der Waals surface area contributed by atoms with Gasteiger partial charge in [0.1, 0.15) is 11.2 Å². The average molecular weight is 507 g/mol. The molecule has 1 heteroatoms. The third-order valence-corrected chi connectivity index (χ3v) is 7.17. The van der Waals surface area contributed by atoms with Crippen LogP contribution >= 0.6 is 0 Å². The van der Waals surface area contributed by atoms with Gasteiger partial charge in [0.15, 0.2) is 0 Å². The topological polar surface area (TPSA) is 13.1 Å². The zero-order valence-electron chi connectivity index (χ0n) is 30.5. The summed E-state index contributed by atoms with van der Waals surface area (Å²) in [6.45, 7) is 0. The zero-order chi connectivity index (χ0) is 34.5. The lowest BCUT2D eigenvalue weighted by Crippen LogP contribution is -1.91. The largest absolute Gasteiger partial charge is 0.456 e. The van der Waals surface area contributed by atoms with Crippen molar-refractivity contribution in [1.29, 1.82) is 0 Å². The summed E-state index contributed by atoms with van der Waals surface area (Å²) in [4.78, 5) is 0. The van der Waals surface area contributed by atoms with Crippen molar-refractivity contribution in [2.45, 2.75) is 0 Å². The first-order valence-corrected chi connectivity index (χ1v) is 12.5. The lowest BCUT2D eigenvalue weighted by Gasteiger charge is -2.18. The zero-order valence-corrected chi connectivity index (χ0v) is 20.5. The Labute approximate surface area is 240 Å². The molecule has 0 spiro atoms.